The van der Waals surface area contributed by atoms with Crippen LogP contribution in [-0.2, 0) is 8.53 Å². The van der Waals surface area contributed by atoms with E-state index in [9.17, 15) is 13.6 Å². The second-order valence-corrected chi connectivity index (χ2v) is 11.0. The van der Waals surface area contributed by atoms with Crippen LogP contribution in [0.5, 0.6) is 5.75 Å². The fraction of sp³-hybridized carbons (Fsp3) is 0.588. The van der Waals surface area contributed by atoms with E-state index < -0.39 is 24.3 Å². The molecule has 0 saturated carbocycles. The average Bonchev–Trinajstić information content (AvgIpc) is 2.33. The zero-order valence-electron chi connectivity index (χ0n) is 16.7. The topological polar surface area (TPSA) is 185 Å². The molecule has 0 spiro atoms. The van der Waals surface area contributed by atoms with E-state index in [0.29, 0.717) is 11.1 Å². The predicted octanol–water partition coefficient (Wildman–Crippen LogP) is 0.566. The number of hydrogen-bond donors (Lipinski definition) is 6. The molecule has 1 aromatic carbocycles. The van der Waals surface area contributed by atoms with Crippen LogP contribution in [0.1, 0.15) is 53.9 Å². The van der Waals surface area contributed by atoms with Gasteiger partial charge in [-0.1, -0.05) is 0 Å². The number of phenols is 1. The number of aromatic hydroxyl groups is 1. The molecule has 158 valence electrons. The molecule has 1 heterocycles. The van der Waals surface area contributed by atoms with Crippen molar-refractivity contribution in [1.82, 2.24) is 11.5 Å². The van der Waals surface area contributed by atoms with Crippen LogP contribution < -0.4 is 21.1 Å². The quantitative estimate of drug-likeness (QED) is 0.355. The summed E-state index contributed by atoms with van der Waals surface area (Å²) in [4.78, 5) is 10.7. The number of rotatable bonds is 2. The fourth-order valence-corrected chi connectivity index (χ4v) is 4.39. The van der Waals surface area contributed by atoms with E-state index in [1.54, 1.807) is 0 Å². The summed E-state index contributed by atoms with van der Waals surface area (Å²) >= 11 is -5.09. The van der Waals surface area contributed by atoms with E-state index in [4.69, 9.17) is 8.19 Å². The zero-order chi connectivity index (χ0) is 19.5. The number of carbonyl (C=O) groups is 1. The molecule has 0 bridgehead atoms. The zero-order valence-corrected chi connectivity index (χ0v) is 18.5. The van der Waals surface area contributed by atoms with Gasteiger partial charge in [-0.3, -0.25) is 0 Å². The van der Waals surface area contributed by atoms with E-state index in [0.717, 1.165) is 12.1 Å². The Balaban J connectivity index is 0. The molecule has 1 aromatic rings. The van der Waals surface area contributed by atoms with Crippen molar-refractivity contribution in [2.24, 2.45) is 0 Å². The van der Waals surface area contributed by atoms with Gasteiger partial charge in [-0.05, 0) is 47.0 Å². The van der Waals surface area contributed by atoms with E-state index >= 15 is 0 Å². The first-order valence-electron chi connectivity index (χ1n) is 8.18. The van der Waals surface area contributed by atoms with Gasteiger partial charge in [0, 0.05) is 11.1 Å². The number of amides is 1. The van der Waals surface area contributed by atoms with Crippen LogP contribution in [0, 0.1) is 0 Å². The Morgan fingerprint density at radius 1 is 1.15 bits per heavy atom. The minimum Gasteiger partial charge on any atom is -0.412 e. The van der Waals surface area contributed by atoms with E-state index in [1.807, 2.05) is 0 Å². The summed E-state index contributed by atoms with van der Waals surface area (Å²) in [6.45, 7) is 10.4. The van der Waals surface area contributed by atoms with Gasteiger partial charge in [-0.2, -0.15) is 0 Å². The molecule has 2 rings (SSSR count). The monoisotopic (exact) mass is 451 g/mol. The van der Waals surface area contributed by atoms with E-state index in [1.165, 1.54) is 32.3 Å². The fourth-order valence-electron chi connectivity index (χ4n) is 3.06. The molecular weight excluding hydrogens is 417 g/mol. The summed E-state index contributed by atoms with van der Waals surface area (Å²) in [6.07, 6.45) is 4.00. The Kier molecular flexibility index (Phi) is 10.6. The maximum atomic E-state index is 10.9. The molecule has 10 heteroatoms. The van der Waals surface area contributed by atoms with Gasteiger partial charge in [-0.15, -0.1) is 0 Å². The number of phenolic OH excluding ortho intramolecular Hbond substituents is 1. The van der Waals surface area contributed by atoms with Crippen molar-refractivity contribution in [3.63, 3.8) is 0 Å². The van der Waals surface area contributed by atoms with E-state index in [2.05, 4.69) is 38.3 Å². The maximum absolute atomic E-state index is 10.9. The number of carbonyl (C=O) groups excluding carboxylic acids is 1. The van der Waals surface area contributed by atoms with Gasteiger partial charge in [0.25, 0.3) is 0 Å². The van der Waals surface area contributed by atoms with Crippen molar-refractivity contribution >= 4 is 30.1 Å². The smallest absolute Gasteiger partial charge is 0.0130 e. The summed E-state index contributed by atoms with van der Waals surface area (Å²) in [5.74, 6) is -0.850. The normalized spacial score (nSPS) is 17.3. The summed E-state index contributed by atoms with van der Waals surface area (Å²) in [6, 6.07) is 3.51. The standard InChI is InChI=1S/C9H19N.C8H10AsNO5.H3N.H2O/c1-8(2)6-5-7-9(3,4)10-8;1-5(11)10-6-2-3-7(8(12)4-6)9(13,14)15;;/h10H,5-7H2,1-4H3;2-4,12H,1H3,(H,10,11)(H2,13,14,15);1H3;1H2. The average molecular weight is 451 g/mol. The van der Waals surface area contributed by atoms with Crippen molar-refractivity contribution in [2.75, 3.05) is 5.32 Å². The summed E-state index contributed by atoms with van der Waals surface area (Å²) in [5, 5.41) is 15.3. The van der Waals surface area contributed by atoms with Gasteiger partial charge < -0.3 is 16.9 Å². The van der Waals surface area contributed by atoms with Gasteiger partial charge >= 0.3 is 88.1 Å². The third kappa shape index (κ3) is 9.95. The second kappa shape index (κ2) is 10.3. The van der Waals surface area contributed by atoms with Crippen molar-refractivity contribution in [3.8, 4) is 5.75 Å². The molecule has 0 aromatic heterocycles. The second-order valence-electron chi connectivity index (χ2n) is 7.68. The molecule has 9 nitrogen and oxygen atoms in total. The Bertz CT molecular complexity index is 659. The third-order valence-electron chi connectivity index (χ3n) is 3.89. The minimum atomic E-state index is -5.09. The summed E-state index contributed by atoms with van der Waals surface area (Å²) in [5.41, 5.74) is 1.01. The van der Waals surface area contributed by atoms with Crippen molar-refractivity contribution in [1.29, 1.82) is 0 Å². The molecule has 1 saturated heterocycles. The molecule has 1 aliphatic rings. The van der Waals surface area contributed by atoms with Crippen LogP contribution in [0.4, 0.5) is 5.69 Å². The number of anilines is 1. The molecule has 0 aliphatic carbocycles. The summed E-state index contributed by atoms with van der Waals surface area (Å²) in [7, 11) is 0. The van der Waals surface area contributed by atoms with Gasteiger partial charge in [-0.25, -0.2) is 0 Å². The van der Waals surface area contributed by atoms with Crippen LogP contribution in [0.3, 0.4) is 0 Å². The van der Waals surface area contributed by atoms with Crippen LogP contribution in [0.2, 0.25) is 0 Å². The van der Waals surface area contributed by atoms with E-state index in [-0.39, 0.29) is 23.2 Å². The van der Waals surface area contributed by atoms with Gasteiger partial charge in [0.05, 0.1) is 0 Å². The number of piperidine rings is 1. The molecule has 27 heavy (non-hydrogen) atoms. The Hall–Kier alpha value is -1.35. The Labute approximate surface area is 163 Å². The SMILES string of the molecule is CC(=O)Nc1ccc([As](=O)(O)O)c(O)c1.CC1(C)CCCC(C)(C)N1.N.O. The van der Waals surface area contributed by atoms with Crippen molar-refractivity contribution in [3.05, 3.63) is 18.2 Å². The molecule has 0 radical (unpaired) electrons. The maximum Gasteiger partial charge on any atom is 0.0130 e. The first-order valence-corrected chi connectivity index (χ1v) is 11.6. The first-order chi connectivity index (χ1) is 11.2. The van der Waals surface area contributed by atoms with Crippen LogP contribution >= 0.6 is 0 Å². The van der Waals surface area contributed by atoms with Gasteiger partial charge in [0.2, 0.25) is 0 Å². The molecule has 0 unspecified atom stereocenters. The molecule has 10 N–H and O–H groups in total. The largest absolute Gasteiger partial charge is 0.412 e. The molecule has 1 amide bonds. The van der Waals surface area contributed by atoms with Crippen LogP contribution in [0.15, 0.2) is 18.2 Å². The third-order valence-corrected chi connectivity index (χ3v) is 6.00. The number of benzene rings is 1. The molecule has 1 aliphatic heterocycles. The minimum absolute atomic E-state index is 0. The Morgan fingerprint density at radius 2 is 1.63 bits per heavy atom. The number of nitrogens with one attached hydrogen (secondary N) is 2. The van der Waals surface area contributed by atoms with Crippen LogP contribution in [-0.4, -0.2) is 49.9 Å². The number of hydrogen-bond acceptors (Lipinski definition) is 5. The molecular formula is C17H34AsN3O6. The van der Waals surface area contributed by atoms with Gasteiger partial charge in [0.15, 0.2) is 0 Å². The Morgan fingerprint density at radius 3 is 1.93 bits per heavy atom. The van der Waals surface area contributed by atoms with Gasteiger partial charge in [0.1, 0.15) is 0 Å². The first kappa shape index (κ1) is 27.9. The molecule has 1 fully saturated rings. The van der Waals surface area contributed by atoms with Crippen LogP contribution in [0.25, 0.3) is 0 Å². The predicted molar refractivity (Wildman–Crippen MR) is 107 cm³/mol. The van der Waals surface area contributed by atoms with Crippen molar-refractivity contribution < 1.29 is 27.3 Å². The molecule has 0 atom stereocenters. The summed E-state index contributed by atoms with van der Waals surface area (Å²) < 4.78 is 28.2. The van der Waals surface area contributed by atoms with Crippen molar-refractivity contribution in [2.45, 2.75) is 65.0 Å².